The van der Waals surface area contributed by atoms with E-state index in [1.54, 1.807) is 24.3 Å². The van der Waals surface area contributed by atoms with Crippen LogP contribution in [0.4, 0.5) is 0 Å². The quantitative estimate of drug-likeness (QED) is 0.224. The van der Waals surface area contributed by atoms with Crippen LogP contribution in [0.2, 0.25) is 10.0 Å². The summed E-state index contributed by atoms with van der Waals surface area (Å²) in [5, 5.41) is 0.768. The lowest BCUT2D eigenvalue weighted by Crippen LogP contribution is -2.05. The summed E-state index contributed by atoms with van der Waals surface area (Å²) >= 11 is 19.1. The summed E-state index contributed by atoms with van der Waals surface area (Å²) in [6, 6.07) is 16.8. The molecule has 0 unspecified atom stereocenters. The van der Waals surface area contributed by atoms with Gasteiger partial charge >= 0.3 is 5.97 Å². The predicted octanol–water partition coefficient (Wildman–Crippen LogP) is 7.75. The molecule has 0 aliphatic carbocycles. The minimum atomic E-state index is -0.544. The molecule has 0 amide bonds. The van der Waals surface area contributed by atoms with Gasteiger partial charge in [0.2, 0.25) is 5.90 Å². The van der Waals surface area contributed by atoms with Crippen LogP contribution in [0.3, 0.4) is 0 Å². The number of hydrogen-bond acceptors (Lipinski definition) is 4. The Morgan fingerprint density at radius 1 is 1.00 bits per heavy atom. The number of rotatable bonds is 5. The van der Waals surface area contributed by atoms with Gasteiger partial charge in [0.1, 0.15) is 12.4 Å². The van der Waals surface area contributed by atoms with Crippen LogP contribution in [-0.4, -0.2) is 11.9 Å². The molecule has 0 spiro atoms. The molecular weight excluding hydrogens is 581 g/mol. The molecule has 3 aromatic carbocycles. The van der Waals surface area contributed by atoms with E-state index in [-0.39, 0.29) is 11.6 Å². The molecule has 0 N–H and O–H groups in total. The molecule has 0 aromatic heterocycles. The number of benzene rings is 3. The van der Waals surface area contributed by atoms with Gasteiger partial charge in [-0.05, 0) is 86.3 Å². The monoisotopic (exact) mass is 593 g/mol. The lowest BCUT2D eigenvalue weighted by Gasteiger charge is -2.11. The van der Waals surface area contributed by atoms with Crippen LogP contribution >= 0.6 is 55.1 Å². The van der Waals surface area contributed by atoms with E-state index < -0.39 is 5.97 Å². The van der Waals surface area contributed by atoms with Crippen LogP contribution in [-0.2, 0) is 16.1 Å². The third-order valence-electron chi connectivity index (χ3n) is 4.61. The van der Waals surface area contributed by atoms with Gasteiger partial charge in [0.05, 0.1) is 19.0 Å². The van der Waals surface area contributed by atoms with E-state index in [9.17, 15) is 4.79 Å². The number of aliphatic imine (C=N–C) groups is 1. The van der Waals surface area contributed by atoms with E-state index in [4.69, 9.17) is 32.7 Å². The van der Waals surface area contributed by atoms with Gasteiger partial charge in [0, 0.05) is 5.56 Å². The number of carbonyl (C=O) groups is 1. The number of halogens is 4. The molecular formula is C24H15Br2Cl2NO3. The maximum Gasteiger partial charge on any atom is 0.363 e. The molecule has 3 aromatic rings. The molecule has 0 saturated carbocycles. The van der Waals surface area contributed by atoms with Gasteiger partial charge in [-0.1, -0.05) is 53.0 Å². The van der Waals surface area contributed by atoms with Crippen LogP contribution in [0.5, 0.6) is 5.75 Å². The first kappa shape index (κ1) is 23.1. The first-order valence-corrected chi connectivity index (χ1v) is 11.8. The maximum absolute atomic E-state index is 12.3. The van der Waals surface area contributed by atoms with E-state index >= 15 is 0 Å². The van der Waals surface area contributed by atoms with Crippen molar-refractivity contribution < 1.29 is 14.3 Å². The number of ether oxygens (including phenoxy) is 2. The van der Waals surface area contributed by atoms with E-state index in [0.717, 1.165) is 20.1 Å². The summed E-state index contributed by atoms with van der Waals surface area (Å²) in [6.45, 7) is 2.48. The van der Waals surface area contributed by atoms with Crippen molar-refractivity contribution in [3.05, 3.63) is 102 Å². The van der Waals surface area contributed by atoms with Gasteiger partial charge in [-0.2, -0.15) is 0 Å². The lowest BCUT2D eigenvalue weighted by atomic mass is 10.1. The molecule has 0 atom stereocenters. The highest BCUT2D eigenvalue weighted by molar-refractivity contribution is 9.11. The zero-order chi connectivity index (χ0) is 22.8. The Kier molecular flexibility index (Phi) is 7.05. The molecule has 1 aliphatic heterocycles. The van der Waals surface area contributed by atoms with Gasteiger partial charge in [-0.3, -0.25) is 0 Å². The summed E-state index contributed by atoms with van der Waals surface area (Å²) in [7, 11) is 0. The van der Waals surface area contributed by atoms with Crippen LogP contribution in [0, 0.1) is 6.92 Å². The fraction of sp³-hybridized carbons (Fsp3) is 0.0833. The molecule has 1 aliphatic rings. The van der Waals surface area contributed by atoms with Crippen molar-refractivity contribution in [3.63, 3.8) is 0 Å². The number of carbonyl (C=O) groups excluding carboxylic acids is 1. The van der Waals surface area contributed by atoms with Crippen molar-refractivity contribution in [3.8, 4) is 5.75 Å². The average Bonchev–Trinajstić information content (AvgIpc) is 3.11. The number of cyclic esters (lactones) is 1. The highest BCUT2D eigenvalue weighted by Gasteiger charge is 2.25. The Bertz CT molecular complexity index is 1250. The Hall–Kier alpha value is -2.12. The topological polar surface area (TPSA) is 47.9 Å². The Morgan fingerprint density at radius 2 is 1.69 bits per heavy atom. The fourth-order valence-corrected chi connectivity index (χ4v) is 4.71. The SMILES string of the molecule is Cc1ccc(COc2c(Br)cc(/C=C3\N=C(c4ccc(Cl)c(Cl)c4)OC3=O)cc2Br)cc1. The summed E-state index contributed by atoms with van der Waals surface area (Å²) < 4.78 is 12.8. The van der Waals surface area contributed by atoms with E-state index in [0.29, 0.717) is 28.0 Å². The molecule has 0 saturated heterocycles. The second-order valence-electron chi connectivity index (χ2n) is 7.05. The molecule has 8 heteroatoms. The Morgan fingerprint density at radius 3 is 2.34 bits per heavy atom. The van der Waals surface area contributed by atoms with E-state index in [1.807, 2.05) is 43.3 Å². The van der Waals surface area contributed by atoms with Gasteiger partial charge in [0.25, 0.3) is 0 Å². The molecule has 32 heavy (non-hydrogen) atoms. The van der Waals surface area contributed by atoms with Crippen molar-refractivity contribution in [2.45, 2.75) is 13.5 Å². The van der Waals surface area contributed by atoms with Crippen LogP contribution < -0.4 is 4.74 Å². The molecule has 0 radical (unpaired) electrons. The van der Waals surface area contributed by atoms with E-state index in [1.165, 1.54) is 5.56 Å². The standard InChI is InChI=1S/C24H15Br2Cl2NO3/c1-13-2-4-14(5-3-13)12-31-22-17(25)8-15(9-18(22)26)10-21-24(30)32-23(29-21)16-6-7-19(27)20(28)11-16/h2-11H,12H2,1H3/b21-10-. The summed E-state index contributed by atoms with van der Waals surface area (Å²) in [5.41, 5.74) is 3.76. The normalized spacial score (nSPS) is 14.5. The van der Waals surface area contributed by atoms with Crippen molar-refractivity contribution in [2.75, 3.05) is 0 Å². The predicted molar refractivity (Wildman–Crippen MR) is 134 cm³/mol. The summed E-state index contributed by atoms with van der Waals surface area (Å²) in [5.74, 6) is 0.302. The van der Waals surface area contributed by atoms with Gasteiger partial charge < -0.3 is 9.47 Å². The molecule has 4 rings (SSSR count). The smallest absolute Gasteiger partial charge is 0.363 e. The number of hydrogen-bond donors (Lipinski definition) is 0. The summed E-state index contributed by atoms with van der Waals surface area (Å²) in [4.78, 5) is 16.6. The fourth-order valence-electron chi connectivity index (χ4n) is 2.96. The second-order valence-corrected chi connectivity index (χ2v) is 9.58. The third-order valence-corrected chi connectivity index (χ3v) is 6.53. The first-order chi connectivity index (χ1) is 15.3. The van der Waals surface area contributed by atoms with Gasteiger partial charge in [-0.25, -0.2) is 9.79 Å². The van der Waals surface area contributed by atoms with Gasteiger partial charge in [0.15, 0.2) is 5.70 Å². The minimum Gasteiger partial charge on any atom is -0.487 e. The number of nitrogens with zero attached hydrogens (tertiary/aromatic N) is 1. The lowest BCUT2D eigenvalue weighted by molar-refractivity contribution is -0.129. The van der Waals surface area contributed by atoms with Crippen LogP contribution in [0.1, 0.15) is 22.3 Å². The highest BCUT2D eigenvalue weighted by atomic mass is 79.9. The van der Waals surface area contributed by atoms with Crippen molar-refractivity contribution in [1.29, 1.82) is 0 Å². The zero-order valence-electron chi connectivity index (χ0n) is 16.7. The number of aryl methyl sites for hydroxylation is 1. The molecule has 4 nitrogen and oxygen atoms in total. The highest BCUT2D eigenvalue weighted by Crippen LogP contribution is 2.36. The van der Waals surface area contributed by atoms with Crippen LogP contribution in [0.15, 0.2) is 74.2 Å². The number of esters is 1. The van der Waals surface area contributed by atoms with E-state index in [2.05, 4.69) is 36.9 Å². The molecule has 0 fully saturated rings. The van der Waals surface area contributed by atoms with Crippen LogP contribution in [0.25, 0.3) is 6.08 Å². The van der Waals surface area contributed by atoms with Crippen molar-refractivity contribution >= 4 is 73.0 Å². The minimum absolute atomic E-state index is 0.177. The largest absolute Gasteiger partial charge is 0.487 e. The zero-order valence-corrected chi connectivity index (χ0v) is 21.3. The average molecular weight is 596 g/mol. The molecule has 162 valence electrons. The first-order valence-electron chi connectivity index (χ1n) is 9.45. The molecule has 1 heterocycles. The van der Waals surface area contributed by atoms with Gasteiger partial charge in [-0.15, -0.1) is 0 Å². The third kappa shape index (κ3) is 5.26. The van der Waals surface area contributed by atoms with Crippen molar-refractivity contribution in [1.82, 2.24) is 0 Å². The molecule has 0 bridgehead atoms. The summed E-state index contributed by atoms with van der Waals surface area (Å²) in [6.07, 6.45) is 1.64. The second kappa shape index (κ2) is 9.79. The Balaban J connectivity index is 1.55. The van der Waals surface area contributed by atoms with Crippen molar-refractivity contribution in [2.24, 2.45) is 4.99 Å². The Labute approximate surface area is 212 Å². The maximum atomic E-state index is 12.3.